The average Bonchev–Trinajstić information content (AvgIpc) is 3.39. The van der Waals surface area contributed by atoms with Gasteiger partial charge in [0.2, 0.25) is 5.91 Å². The van der Waals surface area contributed by atoms with Crippen molar-refractivity contribution in [1.82, 2.24) is 10.6 Å². The first kappa shape index (κ1) is 28.5. The molecule has 11 heteroatoms. The topological polar surface area (TPSA) is 105 Å². The molecule has 0 bridgehead atoms. The number of allylic oxidation sites excluding steroid dienone is 2. The Labute approximate surface area is 228 Å². The predicted molar refractivity (Wildman–Crippen MR) is 141 cm³/mol. The van der Waals surface area contributed by atoms with Crippen LogP contribution in [-0.2, 0) is 9.59 Å². The number of hydrogen-bond donors (Lipinski definition) is 3. The number of carbonyl (C=O) groups excluding carboxylic acids is 2. The fourth-order valence-corrected chi connectivity index (χ4v) is 5.89. The summed E-state index contributed by atoms with van der Waals surface area (Å²) in [6, 6.07) is 14.8. The standard InChI is InChI=1S/C28H29F3N2O5S/c29-28(30,31)24-22(17-4-2-1-3-5-17)16-23(39-24)26(35)33-15-14-32-25(34)18-6-10-20(11-7-18)38-21-12-8-19(9-13-21)27(36)37/h1-7,10-11,19,21,23H,8-9,12-16H2,(H,32,34)(H,33,35)(H,36,37). The molecule has 4 rings (SSSR count). The Bertz CT molecular complexity index is 1210. The van der Waals surface area contributed by atoms with Crippen LogP contribution in [0.15, 0.2) is 59.5 Å². The quantitative estimate of drug-likeness (QED) is 0.370. The number of amides is 2. The first-order chi connectivity index (χ1) is 18.6. The van der Waals surface area contributed by atoms with Crippen LogP contribution >= 0.6 is 11.8 Å². The van der Waals surface area contributed by atoms with E-state index in [1.165, 1.54) is 0 Å². The average molecular weight is 563 g/mol. The monoisotopic (exact) mass is 562 g/mol. The maximum absolute atomic E-state index is 13.6. The lowest BCUT2D eigenvalue weighted by Crippen LogP contribution is -2.38. The normalized spacial score (nSPS) is 21.4. The molecule has 208 valence electrons. The number of aliphatic carboxylic acids is 1. The number of thioether (sulfide) groups is 1. The van der Waals surface area contributed by atoms with Crippen molar-refractivity contribution in [1.29, 1.82) is 0 Å². The Morgan fingerprint density at radius 3 is 2.18 bits per heavy atom. The fourth-order valence-electron chi connectivity index (χ4n) is 4.69. The highest BCUT2D eigenvalue weighted by molar-refractivity contribution is 8.05. The molecule has 1 atom stereocenters. The lowest BCUT2D eigenvalue weighted by Gasteiger charge is -2.26. The minimum atomic E-state index is -4.54. The zero-order valence-electron chi connectivity index (χ0n) is 21.0. The number of carbonyl (C=O) groups is 3. The predicted octanol–water partition coefficient (Wildman–Crippen LogP) is 5.03. The lowest BCUT2D eigenvalue weighted by atomic mass is 9.87. The number of halogens is 3. The molecule has 3 N–H and O–H groups in total. The second kappa shape index (κ2) is 12.6. The van der Waals surface area contributed by atoms with E-state index in [1.54, 1.807) is 54.6 Å². The largest absolute Gasteiger partial charge is 0.490 e. The molecule has 0 saturated heterocycles. The number of hydrogen-bond acceptors (Lipinski definition) is 5. The Hall–Kier alpha value is -3.47. The van der Waals surface area contributed by atoms with Gasteiger partial charge in [0.05, 0.1) is 22.2 Å². The van der Waals surface area contributed by atoms with Gasteiger partial charge in [-0.05, 0) is 67.5 Å². The van der Waals surface area contributed by atoms with Crippen molar-refractivity contribution in [2.75, 3.05) is 13.1 Å². The van der Waals surface area contributed by atoms with Gasteiger partial charge in [0, 0.05) is 18.7 Å². The molecule has 1 aliphatic carbocycles. The summed E-state index contributed by atoms with van der Waals surface area (Å²) in [5.74, 6) is -1.38. The molecule has 0 radical (unpaired) electrons. The Kier molecular flexibility index (Phi) is 9.21. The summed E-state index contributed by atoms with van der Waals surface area (Å²) in [6.45, 7) is 0.183. The van der Waals surface area contributed by atoms with E-state index in [0.29, 0.717) is 54.3 Å². The van der Waals surface area contributed by atoms with Crippen molar-refractivity contribution >= 4 is 35.1 Å². The number of rotatable bonds is 9. The van der Waals surface area contributed by atoms with Gasteiger partial charge in [-0.2, -0.15) is 13.2 Å². The van der Waals surface area contributed by atoms with Crippen LogP contribution in [0.1, 0.15) is 48.0 Å². The Balaban J connectivity index is 1.20. The molecular formula is C28H29F3N2O5S. The number of alkyl halides is 3. The molecule has 1 fully saturated rings. The van der Waals surface area contributed by atoms with Gasteiger partial charge in [0.15, 0.2) is 0 Å². The van der Waals surface area contributed by atoms with Gasteiger partial charge in [0.1, 0.15) is 5.75 Å². The summed E-state index contributed by atoms with van der Waals surface area (Å²) >= 11 is 0.522. The fraction of sp³-hybridized carbons (Fsp3) is 0.393. The first-order valence-corrected chi connectivity index (χ1v) is 13.6. The molecule has 1 saturated carbocycles. The summed E-state index contributed by atoms with van der Waals surface area (Å²) in [7, 11) is 0. The lowest BCUT2D eigenvalue weighted by molar-refractivity contribution is -0.143. The molecule has 2 aliphatic rings. The molecule has 1 heterocycles. The van der Waals surface area contributed by atoms with E-state index in [4.69, 9.17) is 9.84 Å². The van der Waals surface area contributed by atoms with Crippen molar-refractivity contribution in [2.24, 2.45) is 5.92 Å². The highest BCUT2D eigenvalue weighted by atomic mass is 32.2. The Morgan fingerprint density at radius 2 is 1.56 bits per heavy atom. The zero-order chi connectivity index (χ0) is 28.0. The number of benzene rings is 2. The minimum Gasteiger partial charge on any atom is -0.490 e. The highest BCUT2D eigenvalue weighted by Crippen LogP contribution is 2.50. The smallest absolute Gasteiger partial charge is 0.422 e. The molecule has 2 aromatic rings. The SMILES string of the molecule is O=C(NCCNC(=O)C1CC(c2ccccc2)=C(C(F)(F)F)S1)c1ccc(OC2CCC(C(=O)O)CC2)cc1. The van der Waals surface area contributed by atoms with Gasteiger partial charge in [-0.3, -0.25) is 14.4 Å². The molecule has 1 aliphatic heterocycles. The van der Waals surface area contributed by atoms with Crippen LogP contribution < -0.4 is 15.4 Å². The molecule has 39 heavy (non-hydrogen) atoms. The maximum Gasteiger partial charge on any atom is 0.422 e. The van der Waals surface area contributed by atoms with Gasteiger partial charge in [-0.1, -0.05) is 30.3 Å². The van der Waals surface area contributed by atoms with Crippen LogP contribution in [0.4, 0.5) is 13.2 Å². The van der Waals surface area contributed by atoms with E-state index in [0.717, 1.165) is 0 Å². The molecular weight excluding hydrogens is 533 g/mol. The molecule has 0 aromatic heterocycles. The maximum atomic E-state index is 13.6. The van der Waals surface area contributed by atoms with E-state index in [9.17, 15) is 27.6 Å². The minimum absolute atomic E-state index is 0.0306. The van der Waals surface area contributed by atoms with E-state index in [1.807, 2.05) is 0 Å². The Morgan fingerprint density at radius 1 is 0.923 bits per heavy atom. The van der Waals surface area contributed by atoms with E-state index < -0.39 is 28.2 Å². The van der Waals surface area contributed by atoms with E-state index >= 15 is 0 Å². The van der Waals surface area contributed by atoms with Gasteiger partial charge >= 0.3 is 12.1 Å². The summed E-state index contributed by atoms with van der Waals surface area (Å²) in [6.07, 6.45) is -2.17. The van der Waals surface area contributed by atoms with Crippen molar-refractivity contribution < 1.29 is 37.4 Å². The number of carboxylic acid groups (broad SMARTS) is 1. The second-order valence-electron chi connectivity index (χ2n) is 9.48. The third kappa shape index (κ3) is 7.56. The van der Waals surface area contributed by atoms with Gasteiger partial charge < -0.3 is 20.5 Å². The summed E-state index contributed by atoms with van der Waals surface area (Å²) in [5, 5.41) is 13.5. The van der Waals surface area contributed by atoms with E-state index in [2.05, 4.69) is 10.6 Å². The molecule has 1 unspecified atom stereocenters. The van der Waals surface area contributed by atoms with Crippen molar-refractivity contribution in [2.45, 2.75) is 49.6 Å². The third-order valence-electron chi connectivity index (χ3n) is 6.75. The number of nitrogens with one attached hydrogen (secondary N) is 2. The van der Waals surface area contributed by atoms with Gasteiger partial charge in [0.25, 0.3) is 5.91 Å². The van der Waals surface area contributed by atoms with Crippen LogP contribution in [-0.4, -0.2) is 53.5 Å². The highest BCUT2D eigenvalue weighted by Gasteiger charge is 2.44. The van der Waals surface area contributed by atoms with Gasteiger partial charge in [-0.15, -0.1) is 11.8 Å². The van der Waals surface area contributed by atoms with Crippen LogP contribution in [0, 0.1) is 5.92 Å². The summed E-state index contributed by atoms with van der Waals surface area (Å²) < 4.78 is 46.7. The molecule has 7 nitrogen and oxygen atoms in total. The van der Waals surface area contributed by atoms with Crippen LogP contribution in [0.2, 0.25) is 0 Å². The molecule has 0 spiro atoms. The van der Waals surface area contributed by atoms with Crippen LogP contribution in [0.3, 0.4) is 0 Å². The van der Waals surface area contributed by atoms with E-state index in [-0.39, 0.29) is 43.0 Å². The molecule has 2 aromatic carbocycles. The summed E-state index contributed by atoms with van der Waals surface area (Å²) in [4.78, 5) is 35.4. The van der Waals surface area contributed by atoms with Crippen molar-refractivity contribution in [3.05, 3.63) is 70.6 Å². The van der Waals surface area contributed by atoms with Crippen molar-refractivity contribution in [3.63, 3.8) is 0 Å². The van der Waals surface area contributed by atoms with Crippen LogP contribution in [0.25, 0.3) is 5.57 Å². The number of ether oxygens (including phenoxy) is 1. The van der Waals surface area contributed by atoms with Crippen LogP contribution in [0.5, 0.6) is 5.75 Å². The summed E-state index contributed by atoms with van der Waals surface area (Å²) in [5.41, 5.74) is 0.949. The van der Waals surface area contributed by atoms with Gasteiger partial charge in [-0.25, -0.2) is 0 Å². The third-order valence-corrected chi connectivity index (χ3v) is 8.13. The second-order valence-corrected chi connectivity index (χ2v) is 10.7. The zero-order valence-corrected chi connectivity index (χ0v) is 21.8. The first-order valence-electron chi connectivity index (χ1n) is 12.7. The molecule has 2 amide bonds. The van der Waals surface area contributed by atoms with Crippen molar-refractivity contribution in [3.8, 4) is 5.75 Å². The number of carboxylic acids is 1.